The van der Waals surface area contributed by atoms with Crippen molar-refractivity contribution in [3.63, 3.8) is 0 Å². The van der Waals surface area contributed by atoms with Gasteiger partial charge in [-0.3, -0.25) is 10.4 Å². The second kappa shape index (κ2) is 9.28. The Morgan fingerprint density at radius 3 is 2.76 bits per heavy atom. The number of hydrazone groups is 1. The lowest BCUT2D eigenvalue weighted by Crippen LogP contribution is -2.37. The molecule has 0 saturated carbocycles. The summed E-state index contributed by atoms with van der Waals surface area (Å²) in [5, 5.41) is 4.37. The third-order valence-electron chi connectivity index (χ3n) is 4.93. The van der Waals surface area contributed by atoms with E-state index in [1.54, 1.807) is 0 Å². The van der Waals surface area contributed by atoms with Crippen LogP contribution in [0.2, 0.25) is 0 Å². The second-order valence-corrected chi connectivity index (χ2v) is 7.33. The van der Waals surface area contributed by atoms with E-state index >= 15 is 0 Å². The lowest BCUT2D eigenvalue weighted by atomic mass is 10.1. The molecule has 1 aromatic carbocycles. The molecule has 0 spiro atoms. The molecule has 0 bridgehead atoms. The zero-order chi connectivity index (χ0) is 19.9. The van der Waals surface area contributed by atoms with Crippen LogP contribution in [0.4, 0.5) is 11.6 Å². The average molecular weight is 387 g/mol. The predicted molar refractivity (Wildman–Crippen MR) is 118 cm³/mol. The highest BCUT2D eigenvalue weighted by Crippen LogP contribution is 2.21. The normalized spacial score (nSPS) is 13.5. The molecule has 148 valence electrons. The Morgan fingerprint density at radius 2 is 2.00 bits per heavy atom. The number of nitrogens with zero attached hydrogens (tertiary/aromatic N) is 5. The zero-order valence-electron chi connectivity index (χ0n) is 16.8. The third kappa shape index (κ3) is 5.38. The van der Waals surface area contributed by atoms with Crippen molar-refractivity contribution in [2.75, 3.05) is 23.4 Å². The van der Waals surface area contributed by atoms with E-state index < -0.39 is 0 Å². The molecule has 0 unspecified atom stereocenters. The van der Waals surface area contributed by atoms with Gasteiger partial charge in [0.05, 0.1) is 6.21 Å². The summed E-state index contributed by atoms with van der Waals surface area (Å²) in [6.45, 7) is 4.18. The van der Waals surface area contributed by atoms with E-state index in [9.17, 15) is 0 Å². The molecular weight excluding hydrogens is 360 g/mol. The van der Waals surface area contributed by atoms with Crippen molar-refractivity contribution in [1.82, 2.24) is 15.0 Å². The van der Waals surface area contributed by atoms with Crippen LogP contribution in [0, 0.1) is 6.92 Å². The molecule has 1 aliphatic heterocycles. The molecule has 1 saturated heterocycles. The Morgan fingerprint density at radius 1 is 1.07 bits per heavy atom. The van der Waals surface area contributed by atoms with Crippen LogP contribution in [0.15, 0.2) is 59.8 Å². The van der Waals surface area contributed by atoms with Crippen LogP contribution < -0.4 is 10.3 Å². The molecule has 0 amide bonds. The van der Waals surface area contributed by atoms with Crippen LogP contribution in [-0.2, 0) is 12.8 Å². The standard InChI is InChI=1S/C23H26N6/c1-18-7-4-8-19(15-18)17-25-28-22-16-23(29-13-6-14-29)27-21(26-22)11-5-10-20-9-2-3-12-24-20/h2-4,7-9,12,15-17H,5-6,10-11,13-14H2,1H3,(H,26,27,28)/b25-17+. The monoisotopic (exact) mass is 386 g/mol. The molecule has 3 aromatic rings. The molecule has 1 N–H and O–H groups in total. The summed E-state index contributed by atoms with van der Waals surface area (Å²) in [7, 11) is 0. The van der Waals surface area contributed by atoms with Gasteiger partial charge in [-0.1, -0.05) is 35.9 Å². The Labute approximate surface area is 171 Å². The maximum Gasteiger partial charge on any atom is 0.152 e. The topological polar surface area (TPSA) is 66.3 Å². The molecule has 1 fully saturated rings. The number of nitrogens with one attached hydrogen (secondary N) is 1. The Hall–Kier alpha value is -3.28. The first-order valence-electron chi connectivity index (χ1n) is 10.1. The maximum absolute atomic E-state index is 4.77. The first-order valence-corrected chi connectivity index (χ1v) is 10.1. The lowest BCUT2D eigenvalue weighted by Gasteiger charge is -2.32. The van der Waals surface area contributed by atoms with Crippen molar-refractivity contribution in [3.05, 3.63) is 77.4 Å². The van der Waals surface area contributed by atoms with E-state index in [1.165, 1.54) is 12.0 Å². The minimum absolute atomic E-state index is 0.735. The summed E-state index contributed by atoms with van der Waals surface area (Å²) in [5.41, 5.74) is 6.46. The van der Waals surface area contributed by atoms with Gasteiger partial charge in [0.15, 0.2) is 5.82 Å². The quantitative estimate of drug-likeness (QED) is 0.468. The number of benzene rings is 1. The molecule has 6 nitrogen and oxygen atoms in total. The fourth-order valence-corrected chi connectivity index (χ4v) is 3.26. The molecule has 2 aromatic heterocycles. The van der Waals surface area contributed by atoms with Crippen LogP contribution in [-0.4, -0.2) is 34.3 Å². The van der Waals surface area contributed by atoms with E-state index in [0.717, 1.165) is 61.1 Å². The van der Waals surface area contributed by atoms with E-state index in [2.05, 4.69) is 50.5 Å². The van der Waals surface area contributed by atoms with Gasteiger partial charge in [0.1, 0.15) is 11.6 Å². The molecule has 4 rings (SSSR count). The first kappa shape index (κ1) is 19.1. The summed E-state index contributed by atoms with van der Waals surface area (Å²) < 4.78 is 0. The van der Waals surface area contributed by atoms with Crippen molar-refractivity contribution >= 4 is 17.9 Å². The van der Waals surface area contributed by atoms with Gasteiger partial charge in [-0.15, -0.1) is 0 Å². The summed E-state index contributed by atoms with van der Waals surface area (Å²) >= 11 is 0. The number of hydrogen-bond donors (Lipinski definition) is 1. The number of rotatable bonds is 8. The fourth-order valence-electron chi connectivity index (χ4n) is 3.26. The minimum Gasteiger partial charge on any atom is -0.356 e. The van der Waals surface area contributed by atoms with Gasteiger partial charge < -0.3 is 4.90 Å². The van der Waals surface area contributed by atoms with Crippen LogP contribution in [0.3, 0.4) is 0 Å². The van der Waals surface area contributed by atoms with Crippen LogP contribution >= 0.6 is 0 Å². The van der Waals surface area contributed by atoms with Gasteiger partial charge in [0.2, 0.25) is 0 Å². The van der Waals surface area contributed by atoms with Gasteiger partial charge in [-0.2, -0.15) is 5.10 Å². The third-order valence-corrected chi connectivity index (χ3v) is 4.93. The van der Waals surface area contributed by atoms with Crippen LogP contribution in [0.25, 0.3) is 0 Å². The highest BCUT2D eigenvalue weighted by Gasteiger charge is 2.17. The maximum atomic E-state index is 4.77. The van der Waals surface area contributed by atoms with Crippen molar-refractivity contribution in [3.8, 4) is 0 Å². The molecule has 1 aliphatic rings. The molecular formula is C23H26N6. The van der Waals surface area contributed by atoms with E-state index in [4.69, 9.17) is 4.98 Å². The summed E-state index contributed by atoms with van der Waals surface area (Å²) in [6, 6.07) is 16.2. The average Bonchev–Trinajstić information content (AvgIpc) is 2.68. The fraction of sp³-hybridized carbons (Fsp3) is 0.304. The molecule has 0 aliphatic carbocycles. The molecule has 3 heterocycles. The van der Waals surface area contributed by atoms with Gasteiger partial charge in [-0.25, -0.2) is 9.97 Å². The Kier molecular flexibility index (Phi) is 6.10. The second-order valence-electron chi connectivity index (χ2n) is 7.33. The van der Waals surface area contributed by atoms with E-state index in [-0.39, 0.29) is 0 Å². The highest BCUT2D eigenvalue weighted by atomic mass is 15.3. The first-order chi connectivity index (χ1) is 14.3. The summed E-state index contributed by atoms with van der Waals surface area (Å²) in [5.74, 6) is 2.56. The number of anilines is 2. The van der Waals surface area contributed by atoms with Crippen molar-refractivity contribution in [2.24, 2.45) is 5.10 Å². The Balaban J connectivity index is 1.43. The molecule has 29 heavy (non-hydrogen) atoms. The Bertz CT molecular complexity index is 966. The van der Waals surface area contributed by atoms with E-state index in [1.807, 2.05) is 42.7 Å². The molecule has 0 atom stereocenters. The zero-order valence-corrected chi connectivity index (χ0v) is 16.8. The number of hydrogen-bond acceptors (Lipinski definition) is 6. The molecule has 0 radical (unpaired) electrons. The van der Waals surface area contributed by atoms with Gasteiger partial charge in [0, 0.05) is 37.5 Å². The van der Waals surface area contributed by atoms with E-state index in [0.29, 0.717) is 0 Å². The van der Waals surface area contributed by atoms with Crippen LogP contribution in [0.1, 0.15) is 35.5 Å². The number of aromatic nitrogens is 3. The smallest absolute Gasteiger partial charge is 0.152 e. The predicted octanol–water partition coefficient (Wildman–Crippen LogP) is 4.01. The number of pyridine rings is 1. The van der Waals surface area contributed by atoms with Gasteiger partial charge in [-0.05, 0) is 43.9 Å². The van der Waals surface area contributed by atoms with Gasteiger partial charge in [0.25, 0.3) is 0 Å². The summed E-state index contributed by atoms with van der Waals surface area (Å²) in [4.78, 5) is 16.1. The van der Waals surface area contributed by atoms with Crippen molar-refractivity contribution in [2.45, 2.75) is 32.6 Å². The van der Waals surface area contributed by atoms with Crippen molar-refractivity contribution < 1.29 is 0 Å². The largest absolute Gasteiger partial charge is 0.356 e. The SMILES string of the molecule is Cc1cccc(/C=N/Nc2cc(N3CCC3)nc(CCCc3ccccn3)n2)c1. The van der Waals surface area contributed by atoms with Crippen LogP contribution in [0.5, 0.6) is 0 Å². The van der Waals surface area contributed by atoms with Gasteiger partial charge >= 0.3 is 0 Å². The number of aryl methyl sites for hydroxylation is 3. The lowest BCUT2D eigenvalue weighted by molar-refractivity contribution is 0.605. The summed E-state index contributed by atoms with van der Waals surface area (Å²) in [6.07, 6.45) is 7.57. The highest BCUT2D eigenvalue weighted by molar-refractivity contribution is 5.80. The van der Waals surface area contributed by atoms with Crippen molar-refractivity contribution in [1.29, 1.82) is 0 Å². The molecule has 6 heteroatoms. The minimum atomic E-state index is 0.735.